The summed E-state index contributed by atoms with van der Waals surface area (Å²) in [6, 6.07) is 0.952. The predicted octanol–water partition coefficient (Wildman–Crippen LogP) is 2.64. The summed E-state index contributed by atoms with van der Waals surface area (Å²) in [6.45, 7) is 7.66. The fraction of sp³-hybridized carbons (Fsp3) is 1.00. The maximum absolute atomic E-state index is 3.58. The van der Waals surface area contributed by atoms with Crippen LogP contribution in [0.15, 0.2) is 0 Å². The Bertz CT molecular complexity index is 258. The van der Waals surface area contributed by atoms with Gasteiger partial charge in [0.15, 0.2) is 0 Å². The van der Waals surface area contributed by atoms with E-state index in [0.29, 0.717) is 5.41 Å². The molecule has 3 rings (SSSR count). The van der Waals surface area contributed by atoms with Crippen molar-refractivity contribution in [2.45, 2.75) is 57.9 Å². The topological polar surface area (TPSA) is 15.3 Å². The summed E-state index contributed by atoms with van der Waals surface area (Å²) in [7, 11) is 0. The van der Waals surface area contributed by atoms with Crippen LogP contribution in [0.2, 0.25) is 0 Å². The minimum atomic E-state index is 0.604. The van der Waals surface area contributed by atoms with Gasteiger partial charge in [-0.05, 0) is 56.5 Å². The van der Waals surface area contributed by atoms with Crippen molar-refractivity contribution >= 4 is 0 Å². The summed E-state index contributed by atoms with van der Waals surface area (Å²) in [5.41, 5.74) is 0.604. The van der Waals surface area contributed by atoms with Crippen molar-refractivity contribution in [3.8, 4) is 0 Å². The summed E-state index contributed by atoms with van der Waals surface area (Å²) in [6.07, 6.45) is 10.2. The molecule has 0 aromatic heterocycles. The van der Waals surface area contributed by atoms with E-state index >= 15 is 0 Å². The molecule has 0 bridgehead atoms. The third-order valence-electron chi connectivity index (χ3n) is 5.75. The Labute approximate surface area is 106 Å². The van der Waals surface area contributed by atoms with Crippen LogP contribution in [0, 0.1) is 11.3 Å². The Morgan fingerprint density at radius 3 is 2.88 bits per heavy atom. The molecular weight excluding hydrogens is 208 g/mol. The number of nitrogens with one attached hydrogen (secondary N) is 1. The highest BCUT2D eigenvalue weighted by Gasteiger charge is 2.41. The third-order valence-corrected chi connectivity index (χ3v) is 5.75. The molecule has 0 spiro atoms. The first-order chi connectivity index (χ1) is 8.33. The zero-order valence-electron chi connectivity index (χ0n) is 11.4. The fourth-order valence-electron chi connectivity index (χ4n) is 4.47. The Hall–Kier alpha value is -0.0800. The van der Waals surface area contributed by atoms with Gasteiger partial charge < -0.3 is 5.32 Å². The van der Waals surface area contributed by atoms with E-state index in [1.54, 1.807) is 0 Å². The van der Waals surface area contributed by atoms with E-state index in [0.717, 1.165) is 12.0 Å². The normalized spacial score (nSPS) is 42.9. The number of hydrogen-bond donors (Lipinski definition) is 1. The molecule has 98 valence electrons. The minimum absolute atomic E-state index is 0.604. The molecule has 0 amide bonds. The van der Waals surface area contributed by atoms with E-state index in [9.17, 15) is 0 Å². The van der Waals surface area contributed by atoms with Gasteiger partial charge in [0, 0.05) is 19.1 Å². The fourth-order valence-corrected chi connectivity index (χ4v) is 4.47. The van der Waals surface area contributed by atoms with Crippen molar-refractivity contribution in [1.82, 2.24) is 10.2 Å². The molecule has 3 aliphatic rings. The lowest BCUT2D eigenvalue weighted by atomic mass is 9.81. The van der Waals surface area contributed by atoms with Crippen LogP contribution in [0.25, 0.3) is 0 Å². The second-order valence-electron chi connectivity index (χ2n) is 6.65. The van der Waals surface area contributed by atoms with Gasteiger partial charge >= 0.3 is 0 Å². The molecule has 0 radical (unpaired) electrons. The summed E-state index contributed by atoms with van der Waals surface area (Å²) in [4.78, 5) is 2.86. The van der Waals surface area contributed by atoms with Gasteiger partial charge in [0.05, 0.1) is 0 Å². The van der Waals surface area contributed by atoms with Crippen LogP contribution < -0.4 is 5.32 Å². The molecule has 2 heteroatoms. The van der Waals surface area contributed by atoms with E-state index in [1.165, 1.54) is 71.1 Å². The third kappa shape index (κ3) is 2.26. The highest BCUT2D eigenvalue weighted by Crippen LogP contribution is 2.39. The second-order valence-corrected chi connectivity index (χ2v) is 6.65. The van der Waals surface area contributed by atoms with Gasteiger partial charge in [-0.15, -0.1) is 0 Å². The summed E-state index contributed by atoms with van der Waals surface area (Å²) < 4.78 is 0. The lowest BCUT2D eigenvalue weighted by molar-refractivity contribution is 0.116. The molecule has 2 saturated heterocycles. The van der Waals surface area contributed by atoms with Gasteiger partial charge in [-0.3, -0.25) is 4.90 Å². The van der Waals surface area contributed by atoms with Crippen molar-refractivity contribution < 1.29 is 0 Å². The molecule has 2 nitrogen and oxygen atoms in total. The smallest absolute Gasteiger partial charge is 0.0124 e. The highest BCUT2D eigenvalue weighted by atomic mass is 15.2. The SMILES string of the molecule is CCC1(CN2CCC3CCCCC32)CCNC1. The van der Waals surface area contributed by atoms with Gasteiger partial charge in [-0.1, -0.05) is 19.8 Å². The zero-order valence-corrected chi connectivity index (χ0v) is 11.4. The van der Waals surface area contributed by atoms with E-state index in [4.69, 9.17) is 0 Å². The van der Waals surface area contributed by atoms with Gasteiger partial charge in [-0.25, -0.2) is 0 Å². The van der Waals surface area contributed by atoms with Crippen molar-refractivity contribution in [1.29, 1.82) is 0 Å². The summed E-state index contributed by atoms with van der Waals surface area (Å²) >= 11 is 0. The van der Waals surface area contributed by atoms with Gasteiger partial charge in [0.2, 0.25) is 0 Å². The highest BCUT2D eigenvalue weighted by molar-refractivity contribution is 4.96. The van der Waals surface area contributed by atoms with Crippen LogP contribution in [0.3, 0.4) is 0 Å². The molecule has 2 heterocycles. The predicted molar refractivity (Wildman–Crippen MR) is 72.1 cm³/mol. The molecule has 3 fully saturated rings. The number of rotatable bonds is 3. The zero-order chi connectivity index (χ0) is 11.7. The molecule has 1 aliphatic carbocycles. The van der Waals surface area contributed by atoms with E-state index in [1.807, 2.05) is 0 Å². The molecule has 3 unspecified atom stereocenters. The maximum atomic E-state index is 3.58. The minimum Gasteiger partial charge on any atom is -0.316 e. The van der Waals surface area contributed by atoms with Crippen molar-refractivity contribution in [3.63, 3.8) is 0 Å². The monoisotopic (exact) mass is 236 g/mol. The maximum Gasteiger partial charge on any atom is 0.0124 e. The second kappa shape index (κ2) is 4.89. The largest absolute Gasteiger partial charge is 0.316 e. The lowest BCUT2D eigenvalue weighted by Gasteiger charge is -2.38. The molecule has 2 aliphatic heterocycles. The number of fused-ring (bicyclic) bond motifs is 1. The molecule has 1 saturated carbocycles. The Kier molecular flexibility index (Phi) is 3.45. The van der Waals surface area contributed by atoms with Gasteiger partial charge in [0.1, 0.15) is 0 Å². The average Bonchev–Trinajstić information content (AvgIpc) is 2.99. The van der Waals surface area contributed by atoms with E-state index in [2.05, 4.69) is 17.1 Å². The van der Waals surface area contributed by atoms with Crippen LogP contribution in [0.4, 0.5) is 0 Å². The summed E-state index contributed by atoms with van der Waals surface area (Å²) in [5.74, 6) is 1.05. The number of likely N-dealkylation sites (tertiary alicyclic amines) is 1. The van der Waals surface area contributed by atoms with E-state index < -0.39 is 0 Å². The van der Waals surface area contributed by atoms with Crippen molar-refractivity contribution in [2.75, 3.05) is 26.2 Å². The van der Waals surface area contributed by atoms with Crippen molar-refractivity contribution in [3.05, 3.63) is 0 Å². The molecule has 3 atom stereocenters. The molecular formula is C15H28N2. The Morgan fingerprint density at radius 2 is 2.12 bits per heavy atom. The summed E-state index contributed by atoms with van der Waals surface area (Å²) in [5, 5.41) is 3.58. The first kappa shape index (κ1) is 12.0. The van der Waals surface area contributed by atoms with Crippen LogP contribution in [0.1, 0.15) is 51.9 Å². The molecule has 1 N–H and O–H groups in total. The van der Waals surface area contributed by atoms with Gasteiger partial charge in [-0.2, -0.15) is 0 Å². The molecule has 17 heavy (non-hydrogen) atoms. The van der Waals surface area contributed by atoms with Crippen LogP contribution in [-0.4, -0.2) is 37.1 Å². The quantitative estimate of drug-likeness (QED) is 0.810. The Balaban J connectivity index is 1.64. The average molecular weight is 236 g/mol. The van der Waals surface area contributed by atoms with E-state index in [-0.39, 0.29) is 0 Å². The van der Waals surface area contributed by atoms with Crippen molar-refractivity contribution in [2.24, 2.45) is 11.3 Å². The number of hydrogen-bond acceptors (Lipinski definition) is 2. The van der Waals surface area contributed by atoms with Crippen LogP contribution in [-0.2, 0) is 0 Å². The van der Waals surface area contributed by atoms with Crippen LogP contribution >= 0.6 is 0 Å². The first-order valence-corrected chi connectivity index (χ1v) is 7.78. The lowest BCUT2D eigenvalue weighted by Crippen LogP contribution is -2.43. The molecule has 0 aromatic rings. The van der Waals surface area contributed by atoms with Gasteiger partial charge in [0.25, 0.3) is 0 Å². The Morgan fingerprint density at radius 1 is 1.24 bits per heavy atom. The van der Waals surface area contributed by atoms with Crippen LogP contribution in [0.5, 0.6) is 0 Å². The standard InChI is InChI=1S/C15H28N2/c1-2-15(8-9-16-11-15)12-17-10-7-13-5-3-4-6-14(13)17/h13-14,16H,2-12H2,1H3. The first-order valence-electron chi connectivity index (χ1n) is 7.78. The molecule has 0 aromatic carbocycles. The number of nitrogens with zero attached hydrogens (tertiary/aromatic N) is 1.